The van der Waals surface area contributed by atoms with Crippen LogP contribution >= 0.6 is 0 Å². The second-order valence-electron chi connectivity index (χ2n) is 8.28. The van der Waals surface area contributed by atoms with Crippen LogP contribution in [0, 0.1) is 0 Å². The van der Waals surface area contributed by atoms with Gasteiger partial charge in [-0.05, 0) is 30.7 Å². The largest absolute Gasteiger partial charge is 0.312 e. The quantitative estimate of drug-likeness (QED) is 0.720. The Hall–Kier alpha value is -3.55. The maximum atomic E-state index is 13.0. The van der Waals surface area contributed by atoms with Crippen LogP contribution in [0.3, 0.4) is 0 Å². The van der Waals surface area contributed by atoms with Gasteiger partial charge in [0.05, 0.1) is 5.69 Å². The lowest BCUT2D eigenvalue weighted by atomic mass is 9.92. The van der Waals surface area contributed by atoms with E-state index >= 15 is 0 Å². The summed E-state index contributed by atoms with van der Waals surface area (Å²) in [6, 6.07) is 10.7. The number of hydrogen-bond acceptors (Lipinski definition) is 5. The van der Waals surface area contributed by atoms with Crippen molar-refractivity contribution in [2.75, 3.05) is 16.8 Å². The number of benzene rings is 1. The van der Waals surface area contributed by atoms with Crippen molar-refractivity contribution in [3.8, 4) is 5.95 Å². The molecule has 2 aromatic heterocycles. The van der Waals surface area contributed by atoms with E-state index in [9.17, 15) is 9.59 Å². The summed E-state index contributed by atoms with van der Waals surface area (Å²) in [6.45, 7) is 6.83. The first-order chi connectivity index (χ1) is 14.3. The summed E-state index contributed by atoms with van der Waals surface area (Å²) < 4.78 is 1.53. The van der Waals surface area contributed by atoms with Crippen molar-refractivity contribution in [1.29, 1.82) is 0 Å². The summed E-state index contributed by atoms with van der Waals surface area (Å²) in [7, 11) is 0. The zero-order chi connectivity index (χ0) is 21.3. The average molecular weight is 404 g/mol. The predicted molar refractivity (Wildman–Crippen MR) is 114 cm³/mol. The summed E-state index contributed by atoms with van der Waals surface area (Å²) >= 11 is 0. The number of hydrogen-bond donors (Lipinski definition) is 1. The fraction of sp³-hybridized carbons (Fsp3) is 0.318. The normalized spacial score (nSPS) is 14.2. The standard InChI is InChI=1S/C22H24N6O2/c1-22(2,3)17-14-18(28(26-17)21-23-10-6-11-24-21)25-20(30)15-7-4-8-16(13-15)27-12-5-9-19(27)29/h4,6-8,10-11,13-14H,5,9,12H2,1-3H3,(H,25,30). The summed E-state index contributed by atoms with van der Waals surface area (Å²) in [5, 5.41) is 7.54. The molecule has 0 saturated carbocycles. The molecule has 3 heterocycles. The number of nitrogens with zero attached hydrogens (tertiary/aromatic N) is 5. The van der Waals surface area contributed by atoms with Gasteiger partial charge in [-0.1, -0.05) is 26.8 Å². The Balaban J connectivity index is 1.65. The van der Waals surface area contributed by atoms with Gasteiger partial charge in [0.2, 0.25) is 5.91 Å². The minimum atomic E-state index is -0.291. The molecule has 0 atom stereocenters. The number of carbonyl (C=O) groups excluding carboxylic acids is 2. The molecule has 1 fully saturated rings. The number of carbonyl (C=O) groups is 2. The minimum absolute atomic E-state index is 0.0849. The Morgan fingerprint density at radius 2 is 1.87 bits per heavy atom. The monoisotopic (exact) mass is 404 g/mol. The smallest absolute Gasteiger partial charge is 0.256 e. The van der Waals surface area contributed by atoms with Gasteiger partial charge >= 0.3 is 0 Å². The highest BCUT2D eigenvalue weighted by molar-refractivity contribution is 6.05. The molecule has 1 aliphatic rings. The number of aromatic nitrogens is 4. The van der Waals surface area contributed by atoms with Crippen molar-refractivity contribution in [3.05, 3.63) is 60.0 Å². The zero-order valence-corrected chi connectivity index (χ0v) is 17.3. The maximum Gasteiger partial charge on any atom is 0.256 e. The fourth-order valence-electron chi connectivity index (χ4n) is 3.31. The van der Waals surface area contributed by atoms with Gasteiger partial charge in [-0.25, -0.2) is 9.97 Å². The van der Waals surface area contributed by atoms with Crippen LogP contribution in [-0.2, 0) is 10.2 Å². The summed E-state index contributed by atoms with van der Waals surface area (Å²) in [5.74, 6) is 0.654. The summed E-state index contributed by atoms with van der Waals surface area (Å²) in [4.78, 5) is 35.3. The van der Waals surface area contributed by atoms with Gasteiger partial charge in [0, 0.05) is 48.1 Å². The van der Waals surface area contributed by atoms with Gasteiger partial charge in [0.1, 0.15) is 5.82 Å². The van der Waals surface area contributed by atoms with Crippen LogP contribution in [0.1, 0.15) is 49.7 Å². The zero-order valence-electron chi connectivity index (χ0n) is 17.3. The number of anilines is 2. The van der Waals surface area contributed by atoms with Crippen LogP contribution in [0.25, 0.3) is 5.95 Å². The van der Waals surface area contributed by atoms with Gasteiger partial charge in [0.25, 0.3) is 11.9 Å². The van der Waals surface area contributed by atoms with E-state index in [0.717, 1.165) is 17.8 Å². The molecule has 8 nitrogen and oxygen atoms in total. The molecular weight excluding hydrogens is 380 g/mol. The molecule has 30 heavy (non-hydrogen) atoms. The van der Waals surface area contributed by atoms with Crippen LogP contribution in [0.4, 0.5) is 11.5 Å². The van der Waals surface area contributed by atoms with Crippen LogP contribution in [0.15, 0.2) is 48.8 Å². The van der Waals surface area contributed by atoms with Gasteiger partial charge in [-0.3, -0.25) is 9.59 Å². The van der Waals surface area contributed by atoms with Gasteiger partial charge in [-0.15, -0.1) is 0 Å². The van der Waals surface area contributed by atoms with Crippen LogP contribution in [-0.4, -0.2) is 38.1 Å². The molecule has 1 N–H and O–H groups in total. The first kappa shape index (κ1) is 19.8. The maximum absolute atomic E-state index is 13.0. The highest BCUT2D eigenvalue weighted by atomic mass is 16.2. The van der Waals surface area contributed by atoms with E-state index in [1.807, 2.05) is 32.9 Å². The molecule has 0 unspecified atom stereocenters. The molecule has 3 aromatic rings. The molecule has 1 aliphatic heterocycles. The second kappa shape index (κ2) is 7.70. The molecule has 1 saturated heterocycles. The Morgan fingerprint density at radius 3 is 2.53 bits per heavy atom. The van der Waals surface area contributed by atoms with E-state index in [1.54, 1.807) is 41.6 Å². The van der Waals surface area contributed by atoms with Gasteiger partial charge in [-0.2, -0.15) is 9.78 Å². The third-order valence-corrected chi connectivity index (χ3v) is 4.95. The van der Waals surface area contributed by atoms with E-state index in [0.29, 0.717) is 30.3 Å². The van der Waals surface area contributed by atoms with Crippen LogP contribution < -0.4 is 10.2 Å². The van der Waals surface area contributed by atoms with Crippen molar-refractivity contribution in [2.24, 2.45) is 0 Å². The molecule has 0 radical (unpaired) electrons. The summed E-state index contributed by atoms with van der Waals surface area (Å²) in [5.41, 5.74) is 1.79. The van der Waals surface area contributed by atoms with Crippen LogP contribution in [0.5, 0.6) is 0 Å². The summed E-state index contributed by atoms with van der Waals surface area (Å²) in [6.07, 6.45) is 4.63. The number of amides is 2. The molecule has 4 rings (SSSR count). The lowest BCUT2D eigenvalue weighted by molar-refractivity contribution is -0.117. The SMILES string of the molecule is CC(C)(C)c1cc(NC(=O)c2cccc(N3CCCC3=O)c2)n(-c2ncccn2)n1. The first-order valence-electron chi connectivity index (χ1n) is 9.93. The topological polar surface area (TPSA) is 93.0 Å². The number of nitrogens with one attached hydrogen (secondary N) is 1. The molecular formula is C22H24N6O2. The third-order valence-electron chi connectivity index (χ3n) is 4.95. The van der Waals surface area contributed by atoms with E-state index in [1.165, 1.54) is 4.68 Å². The Bertz CT molecular complexity index is 1080. The third kappa shape index (κ3) is 3.94. The van der Waals surface area contributed by atoms with Crippen molar-refractivity contribution in [1.82, 2.24) is 19.7 Å². The highest BCUT2D eigenvalue weighted by Gasteiger charge is 2.24. The lowest BCUT2D eigenvalue weighted by Crippen LogP contribution is -2.24. The van der Waals surface area contributed by atoms with Gasteiger partial charge < -0.3 is 10.2 Å². The Labute approximate surface area is 175 Å². The average Bonchev–Trinajstić information content (AvgIpc) is 3.35. The predicted octanol–water partition coefficient (Wildman–Crippen LogP) is 3.34. The van der Waals surface area contributed by atoms with E-state index < -0.39 is 0 Å². The molecule has 2 amide bonds. The van der Waals surface area contributed by atoms with Crippen molar-refractivity contribution in [3.63, 3.8) is 0 Å². The number of rotatable bonds is 4. The minimum Gasteiger partial charge on any atom is -0.312 e. The molecule has 1 aromatic carbocycles. The second-order valence-corrected chi connectivity index (χ2v) is 8.28. The molecule has 0 spiro atoms. The van der Waals surface area contributed by atoms with E-state index in [-0.39, 0.29) is 17.2 Å². The van der Waals surface area contributed by atoms with E-state index in [4.69, 9.17) is 0 Å². The highest BCUT2D eigenvalue weighted by Crippen LogP contribution is 2.26. The Kier molecular flexibility index (Phi) is 5.07. The molecule has 8 heteroatoms. The van der Waals surface area contributed by atoms with Crippen molar-refractivity contribution in [2.45, 2.75) is 39.0 Å². The Morgan fingerprint density at radius 1 is 1.10 bits per heavy atom. The van der Waals surface area contributed by atoms with Gasteiger partial charge in [0.15, 0.2) is 0 Å². The van der Waals surface area contributed by atoms with Crippen molar-refractivity contribution < 1.29 is 9.59 Å². The molecule has 0 aliphatic carbocycles. The lowest BCUT2D eigenvalue weighted by Gasteiger charge is -2.16. The first-order valence-corrected chi connectivity index (χ1v) is 9.93. The van der Waals surface area contributed by atoms with Crippen LogP contribution in [0.2, 0.25) is 0 Å². The van der Waals surface area contributed by atoms with E-state index in [2.05, 4.69) is 20.4 Å². The van der Waals surface area contributed by atoms with Crippen molar-refractivity contribution >= 4 is 23.3 Å². The molecule has 0 bridgehead atoms. The molecule has 154 valence electrons. The fourth-order valence-corrected chi connectivity index (χ4v) is 3.31.